The molecule has 0 aromatic heterocycles. The van der Waals surface area contributed by atoms with E-state index < -0.39 is 0 Å². The number of carbonyl (C=O) groups is 1. The quantitative estimate of drug-likeness (QED) is 0.659. The van der Waals surface area contributed by atoms with Crippen LogP contribution in [0, 0.1) is 5.41 Å². The maximum absolute atomic E-state index is 11.6. The van der Waals surface area contributed by atoms with E-state index in [9.17, 15) is 4.79 Å². The highest BCUT2D eigenvalue weighted by Gasteiger charge is 2.18. The molecule has 0 atom stereocenters. The lowest BCUT2D eigenvalue weighted by atomic mass is 9.90. The monoisotopic (exact) mass is 303 g/mol. The first-order valence-corrected chi connectivity index (χ1v) is 8.06. The molecule has 0 saturated heterocycles. The summed E-state index contributed by atoms with van der Waals surface area (Å²) in [4.78, 5) is 11.6. The molecule has 0 radical (unpaired) electrons. The van der Waals surface area contributed by atoms with Gasteiger partial charge in [-0.25, -0.2) is 0 Å². The Balaban J connectivity index is 0. The lowest BCUT2D eigenvalue weighted by Gasteiger charge is -2.25. The number of amides is 1. The van der Waals surface area contributed by atoms with Crippen LogP contribution < -0.4 is 5.32 Å². The van der Waals surface area contributed by atoms with Gasteiger partial charge < -0.3 is 14.8 Å². The van der Waals surface area contributed by atoms with Crippen LogP contribution in [0.25, 0.3) is 0 Å². The van der Waals surface area contributed by atoms with Crippen molar-refractivity contribution in [3.05, 3.63) is 0 Å². The SMILES string of the molecule is CC.COCCC(C)(C)OCCNC(=O)CCC(C)(C)C. The molecule has 0 rings (SSSR count). The van der Waals surface area contributed by atoms with Crippen LogP contribution in [0.4, 0.5) is 0 Å². The first-order chi connectivity index (χ1) is 9.66. The highest BCUT2D eigenvalue weighted by Crippen LogP contribution is 2.20. The lowest BCUT2D eigenvalue weighted by Crippen LogP contribution is -2.33. The summed E-state index contributed by atoms with van der Waals surface area (Å²) in [5.74, 6) is 0.105. The minimum atomic E-state index is -0.202. The topological polar surface area (TPSA) is 47.6 Å². The van der Waals surface area contributed by atoms with Crippen molar-refractivity contribution in [3.8, 4) is 0 Å². The van der Waals surface area contributed by atoms with E-state index in [2.05, 4.69) is 26.1 Å². The van der Waals surface area contributed by atoms with Gasteiger partial charge in [-0.3, -0.25) is 4.79 Å². The van der Waals surface area contributed by atoms with Crippen LogP contribution in [0.1, 0.15) is 67.7 Å². The Morgan fingerprint density at radius 1 is 1.00 bits per heavy atom. The number of nitrogens with one attached hydrogen (secondary N) is 1. The summed E-state index contributed by atoms with van der Waals surface area (Å²) in [7, 11) is 1.69. The summed E-state index contributed by atoms with van der Waals surface area (Å²) in [6, 6.07) is 0. The van der Waals surface area contributed by atoms with Gasteiger partial charge in [0.15, 0.2) is 0 Å². The van der Waals surface area contributed by atoms with Crippen molar-refractivity contribution in [1.29, 1.82) is 0 Å². The van der Waals surface area contributed by atoms with Gasteiger partial charge in [0.25, 0.3) is 0 Å². The van der Waals surface area contributed by atoms with E-state index in [-0.39, 0.29) is 16.9 Å². The van der Waals surface area contributed by atoms with Crippen molar-refractivity contribution < 1.29 is 14.3 Å². The van der Waals surface area contributed by atoms with E-state index in [4.69, 9.17) is 9.47 Å². The van der Waals surface area contributed by atoms with Crippen molar-refractivity contribution >= 4 is 5.91 Å². The molecule has 0 fully saturated rings. The second kappa shape index (κ2) is 12.0. The molecule has 4 heteroatoms. The molecule has 0 aliphatic rings. The van der Waals surface area contributed by atoms with Crippen molar-refractivity contribution in [3.63, 3.8) is 0 Å². The molecule has 0 spiro atoms. The van der Waals surface area contributed by atoms with E-state index >= 15 is 0 Å². The number of rotatable bonds is 9. The third-order valence-corrected chi connectivity index (χ3v) is 2.93. The Morgan fingerprint density at radius 3 is 2.05 bits per heavy atom. The predicted octanol–water partition coefficient (Wildman–Crippen LogP) is 3.79. The molecule has 0 aromatic carbocycles. The van der Waals surface area contributed by atoms with Gasteiger partial charge >= 0.3 is 0 Å². The fourth-order valence-corrected chi connectivity index (χ4v) is 1.51. The third kappa shape index (κ3) is 17.3. The van der Waals surface area contributed by atoms with Crippen molar-refractivity contribution in [2.45, 2.75) is 73.3 Å². The molecular formula is C17H37NO3. The molecule has 0 bridgehead atoms. The molecule has 0 saturated carbocycles. The number of hydrogen-bond donors (Lipinski definition) is 1. The smallest absolute Gasteiger partial charge is 0.220 e. The molecular weight excluding hydrogens is 266 g/mol. The maximum atomic E-state index is 11.6. The first-order valence-electron chi connectivity index (χ1n) is 8.06. The highest BCUT2D eigenvalue weighted by atomic mass is 16.5. The minimum absolute atomic E-state index is 0.105. The lowest BCUT2D eigenvalue weighted by molar-refractivity contribution is -0.122. The van der Waals surface area contributed by atoms with Crippen LogP contribution in [0.3, 0.4) is 0 Å². The summed E-state index contributed by atoms with van der Waals surface area (Å²) in [6.45, 7) is 16.3. The van der Waals surface area contributed by atoms with Gasteiger partial charge in [0.1, 0.15) is 0 Å². The van der Waals surface area contributed by atoms with Crippen molar-refractivity contribution in [1.82, 2.24) is 5.32 Å². The molecule has 0 aromatic rings. The van der Waals surface area contributed by atoms with E-state index in [1.807, 2.05) is 27.7 Å². The molecule has 0 heterocycles. The van der Waals surface area contributed by atoms with Gasteiger partial charge in [-0.1, -0.05) is 34.6 Å². The van der Waals surface area contributed by atoms with Crippen molar-refractivity contribution in [2.75, 3.05) is 26.9 Å². The largest absolute Gasteiger partial charge is 0.385 e. The van der Waals surface area contributed by atoms with Gasteiger partial charge in [-0.05, 0) is 32.1 Å². The Morgan fingerprint density at radius 2 is 1.57 bits per heavy atom. The van der Waals surface area contributed by atoms with Gasteiger partial charge in [0, 0.05) is 26.7 Å². The molecule has 128 valence electrons. The summed E-state index contributed by atoms with van der Waals surface area (Å²) >= 11 is 0. The van der Waals surface area contributed by atoms with Crippen LogP contribution in [0.2, 0.25) is 0 Å². The van der Waals surface area contributed by atoms with Gasteiger partial charge in [0.2, 0.25) is 5.91 Å². The molecule has 1 amide bonds. The summed E-state index contributed by atoms with van der Waals surface area (Å²) in [6.07, 6.45) is 2.33. The van der Waals surface area contributed by atoms with Crippen LogP contribution in [-0.4, -0.2) is 38.4 Å². The number of methoxy groups -OCH3 is 1. The van der Waals surface area contributed by atoms with Crippen LogP contribution >= 0.6 is 0 Å². The predicted molar refractivity (Wildman–Crippen MR) is 89.6 cm³/mol. The second-order valence-electron chi connectivity index (χ2n) is 6.76. The van der Waals surface area contributed by atoms with E-state index in [1.54, 1.807) is 7.11 Å². The molecule has 4 nitrogen and oxygen atoms in total. The van der Waals surface area contributed by atoms with E-state index in [0.29, 0.717) is 26.2 Å². The summed E-state index contributed by atoms with van der Waals surface area (Å²) in [5.41, 5.74) is 0.00211. The fraction of sp³-hybridized carbons (Fsp3) is 0.941. The Kier molecular flexibility index (Phi) is 12.9. The fourth-order valence-electron chi connectivity index (χ4n) is 1.51. The normalized spacial score (nSPS) is 11.6. The van der Waals surface area contributed by atoms with E-state index in [0.717, 1.165) is 12.8 Å². The molecule has 0 aliphatic carbocycles. The number of hydrogen-bond acceptors (Lipinski definition) is 3. The second-order valence-corrected chi connectivity index (χ2v) is 6.76. The van der Waals surface area contributed by atoms with Gasteiger partial charge in [-0.2, -0.15) is 0 Å². The first kappa shape index (κ1) is 22.7. The number of ether oxygens (including phenoxy) is 2. The zero-order valence-electron chi connectivity index (χ0n) is 15.5. The highest BCUT2D eigenvalue weighted by molar-refractivity contribution is 5.75. The number of carbonyl (C=O) groups excluding carboxylic acids is 1. The third-order valence-electron chi connectivity index (χ3n) is 2.93. The zero-order valence-corrected chi connectivity index (χ0v) is 15.5. The Bertz CT molecular complexity index is 257. The molecule has 21 heavy (non-hydrogen) atoms. The average Bonchev–Trinajstić information content (AvgIpc) is 2.41. The van der Waals surface area contributed by atoms with Gasteiger partial charge in [0.05, 0.1) is 12.2 Å². The van der Waals surface area contributed by atoms with Crippen LogP contribution in [-0.2, 0) is 14.3 Å². The summed E-state index contributed by atoms with van der Waals surface area (Å²) < 4.78 is 10.8. The molecule has 0 unspecified atom stereocenters. The Hall–Kier alpha value is -0.610. The van der Waals surface area contributed by atoms with Gasteiger partial charge in [-0.15, -0.1) is 0 Å². The minimum Gasteiger partial charge on any atom is -0.385 e. The van der Waals surface area contributed by atoms with E-state index in [1.165, 1.54) is 0 Å². The van der Waals surface area contributed by atoms with Crippen LogP contribution in [0.5, 0.6) is 0 Å². The maximum Gasteiger partial charge on any atom is 0.220 e. The van der Waals surface area contributed by atoms with Crippen molar-refractivity contribution in [2.24, 2.45) is 5.41 Å². The standard InChI is InChI=1S/C15H31NO3.C2H6/c1-14(2,3)8-7-13(17)16-10-12-19-15(4,5)9-11-18-6;1-2/h7-12H2,1-6H3,(H,16,17);1-2H3. The Labute approximate surface area is 132 Å². The van der Waals surface area contributed by atoms with Crippen LogP contribution in [0.15, 0.2) is 0 Å². The molecule has 0 aliphatic heterocycles. The summed E-state index contributed by atoms with van der Waals surface area (Å²) in [5, 5.41) is 2.89. The zero-order chi connectivity index (χ0) is 16.9. The molecule has 1 N–H and O–H groups in total. The average molecular weight is 303 g/mol.